The Morgan fingerprint density at radius 2 is 1.89 bits per heavy atom. The Morgan fingerprint density at radius 3 is 2.50 bits per heavy atom. The van der Waals surface area contributed by atoms with Crippen molar-refractivity contribution in [2.75, 3.05) is 26.8 Å². The maximum absolute atomic E-state index is 14.7. The zero-order valence-corrected chi connectivity index (χ0v) is 15.7. The Kier molecular flexibility index (Phi) is 5.47. The van der Waals surface area contributed by atoms with E-state index in [2.05, 4.69) is 0 Å². The van der Waals surface area contributed by atoms with E-state index in [0.717, 1.165) is 6.07 Å². The maximum Gasteiger partial charge on any atom is 0.313 e. The quantitative estimate of drug-likeness (QED) is 0.850. The molecule has 0 saturated carbocycles. The Morgan fingerprint density at radius 1 is 1.18 bits per heavy atom. The van der Waals surface area contributed by atoms with Crippen LogP contribution in [0.5, 0.6) is 0 Å². The topological polar surface area (TPSA) is 66.8 Å². The Balaban J connectivity index is 1.84. The van der Waals surface area contributed by atoms with E-state index in [0.29, 0.717) is 11.1 Å². The van der Waals surface area contributed by atoms with Gasteiger partial charge in [-0.1, -0.05) is 12.1 Å². The van der Waals surface area contributed by atoms with Crippen molar-refractivity contribution in [3.63, 3.8) is 0 Å². The molecule has 5 nitrogen and oxygen atoms in total. The van der Waals surface area contributed by atoms with Crippen LogP contribution in [0.2, 0.25) is 0 Å². The second-order valence-corrected chi connectivity index (χ2v) is 7.15. The van der Waals surface area contributed by atoms with Crippen LogP contribution in [0, 0.1) is 24.0 Å². The molecule has 0 radical (unpaired) electrons. The van der Waals surface area contributed by atoms with Crippen LogP contribution < -0.4 is 0 Å². The molecular weight excluding hydrogens is 368 g/mol. The predicted octanol–water partition coefficient (Wildman–Crippen LogP) is 3.50. The van der Waals surface area contributed by atoms with Gasteiger partial charge in [-0.3, -0.25) is 9.59 Å². The Bertz CT molecular complexity index is 931. The zero-order chi connectivity index (χ0) is 20.5. The molecule has 2 aromatic carbocycles. The summed E-state index contributed by atoms with van der Waals surface area (Å²) in [6, 6.07) is 8.19. The molecule has 1 aliphatic rings. The van der Waals surface area contributed by atoms with E-state index in [1.165, 1.54) is 42.3 Å². The highest BCUT2D eigenvalue weighted by molar-refractivity contribution is 5.95. The van der Waals surface area contributed by atoms with Gasteiger partial charge in [-0.15, -0.1) is 0 Å². The largest absolute Gasteiger partial charge is 0.481 e. The van der Waals surface area contributed by atoms with E-state index in [-0.39, 0.29) is 37.2 Å². The molecule has 0 aromatic heterocycles. The summed E-state index contributed by atoms with van der Waals surface area (Å²) in [5.41, 5.74) is 0.399. The lowest BCUT2D eigenvalue weighted by Gasteiger charge is -2.24. The molecule has 1 heterocycles. The summed E-state index contributed by atoms with van der Waals surface area (Å²) >= 11 is 0. The van der Waals surface area contributed by atoms with E-state index in [1.54, 1.807) is 6.92 Å². The summed E-state index contributed by atoms with van der Waals surface area (Å²) in [6.45, 7) is 1.95. The van der Waals surface area contributed by atoms with Gasteiger partial charge in [0.2, 0.25) is 0 Å². The zero-order valence-electron chi connectivity index (χ0n) is 15.7. The number of hydrogen-bond acceptors (Lipinski definition) is 3. The van der Waals surface area contributed by atoms with Crippen molar-refractivity contribution in [2.24, 2.45) is 5.41 Å². The minimum Gasteiger partial charge on any atom is -0.481 e. The molecule has 1 amide bonds. The molecule has 0 bridgehead atoms. The lowest BCUT2D eigenvalue weighted by atomic mass is 9.88. The number of aryl methyl sites for hydroxylation is 1. The van der Waals surface area contributed by atoms with Crippen molar-refractivity contribution in [3.05, 3.63) is 59.2 Å². The molecule has 0 spiro atoms. The average Bonchev–Trinajstić information content (AvgIpc) is 3.08. The average molecular weight is 389 g/mol. The van der Waals surface area contributed by atoms with Gasteiger partial charge in [0, 0.05) is 31.3 Å². The van der Waals surface area contributed by atoms with Gasteiger partial charge in [-0.05, 0) is 48.7 Å². The minimum absolute atomic E-state index is 0.00323. The van der Waals surface area contributed by atoms with Crippen molar-refractivity contribution in [3.8, 4) is 11.1 Å². The second kappa shape index (κ2) is 7.67. The number of rotatable bonds is 5. The number of methoxy groups -OCH3 is 1. The monoisotopic (exact) mass is 389 g/mol. The van der Waals surface area contributed by atoms with Crippen molar-refractivity contribution in [1.82, 2.24) is 4.90 Å². The molecule has 28 heavy (non-hydrogen) atoms. The first-order valence-corrected chi connectivity index (χ1v) is 8.85. The number of ether oxygens (including phenoxy) is 1. The summed E-state index contributed by atoms with van der Waals surface area (Å²) in [5.74, 6) is -2.44. The fourth-order valence-corrected chi connectivity index (χ4v) is 3.65. The van der Waals surface area contributed by atoms with E-state index in [9.17, 15) is 23.5 Å². The smallest absolute Gasteiger partial charge is 0.313 e. The number of benzene rings is 2. The molecule has 148 valence electrons. The molecule has 1 fully saturated rings. The predicted molar refractivity (Wildman–Crippen MR) is 99.0 cm³/mol. The van der Waals surface area contributed by atoms with E-state index < -0.39 is 28.9 Å². The first kappa shape index (κ1) is 19.9. The molecule has 1 saturated heterocycles. The van der Waals surface area contributed by atoms with E-state index in [1.807, 2.05) is 0 Å². The number of likely N-dealkylation sites (tertiary alicyclic amines) is 1. The normalized spacial score (nSPS) is 19.1. The van der Waals surface area contributed by atoms with Crippen LogP contribution in [0.4, 0.5) is 8.78 Å². The Hall–Kier alpha value is -2.80. The van der Waals surface area contributed by atoms with Crippen LogP contribution >= 0.6 is 0 Å². The van der Waals surface area contributed by atoms with Crippen LogP contribution in [0.1, 0.15) is 22.3 Å². The minimum atomic E-state index is -1.14. The van der Waals surface area contributed by atoms with Gasteiger partial charge in [-0.25, -0.2) is 8.78 Å². The number of nitrogens with zero attached hydrogens (tertiary/aromatic N) is 1. The van der Waals surface area contributed by atoms with Crippen molar-refractivity contribution in [1.29, 1.82) is 0 Å². The highest BCUT2D eigenvalue weighted by Crippen LogP contribution is 2.33. The van der Waals surface area contributed by atoms with Crippen molar-refractivity contribution >= 4 is 11.9 Å². The highest BCUT2D eigenvalue weighted by Gasteiger charge is 2.46. The maximum atomic E-state index is 14.7. The third kappa shape index (κ3) is 3.62. The number of carbonyl (C=O) groups is 2. The molecule has 1 aliphatic heterocycles. The number of amides is 1. The standard InChI is InChI=1S/C21H21F2NO4/c1-13-9-15(22)4-6-16(13)17-5-3-14(10-18(17)23)19(25)24-8-7-21(11-24,12-28-2)20(26)27/h3-6,9-10H,7-8,11-12H2,1-2H3,(H,26,27). The van der Waals surface area contributed by atoms with Gasteiger partial charge in [0.1, 0.15) is 17.0 Å². The Labute approximate surface area is 161 Å². The number of aliphatic carboxylic acids is 1. The van der Waals surface area contributed by atoms with Gasteiger partial charge in [0.05, 0.1) is 6.61 Å². The number of carboxylic acid groups (broad SMARTS) is 1. The van der Waals surface area contributed by atoms with Gasteiger partial charge in [-0.2, -0.15) is 0 Å². The molecule has 1 unspecified atom stereocenters. The summed E-state index contributed by atoms with van der Waals surface area (Å²) in [5, 5.41) is 9.51. The molecule has 0 aliphatic carbocycles. The number of carboxylic acids is 1. The molecule has 1 atom stereocenters. The number of hydrogen-bond donors (Lipinski definition) is 1. The molecule has 1 N–H and O–H groups in total. The number of halogens is 2. The first-order valence-electron chi connectivity index (χ1n) is 8.85. The van der Waals surface area contributed by atoms with Crippen molar-refractivity contribution in [2.45, 2.75) is 13.3 Å². The van der Waals surface area contributed by atoms with Gasteiger partial charge in [0.15, 0.2) is 0 Å². The SMILES string of the molecule is COCC1(C(=O)O)CCN(C(=O)c2ccc(-c3ccc(F)cc3C)c(F)c2)C1. The summed E-state index contributed by atoms with van der Waals surface area (Å²) in [7, 11) is 1.42. The molecule has 3 rings (SSSR count). The van der Waals surface area contributed by atoms with Crippen LogP contribution in [-0.2, 0) is 9.53 Å². The summed E-state index contributed by atoms with van der Waals surface area (Å²) in [4.78, 5) is 25.8. The second-order valence-electron chi connectivity index (χ2n) is 7.15. The third-order valence-corrected chi connectivity index (χ3v) is 5.21. The third-order valence-electron chi connectivity index (χ3n) is 5.21. The number of carbonyl (C=O) groups excluding carboxylic acids is 1. The molecule has 2 aromatic rings. The first-order chi connectivity index (χ1) is 13.3. The highest BCUT2D eigenvalue weighted by atomic mass is 19.1. The van der Waals surface area contributed by atoms with E-state index >= 15 is 0 Å². The summed E-state index contributed by atoms with van der Waals surface area (Å²) < 4.78 is 33.0. The van der Waals surface area contributed by atoms with Gasteiger partial charge < -0.3 is 14.7 Å². The van der Waals surface area contributed by atoms with E-state index in [4.69, 9.17) is 4.74 Å². The van der Waals surface area contributed by atoms with Crippen LogP contribution in [0.15, 0.2) is 36.4 Å². The van der Waals surface area contributed by atoms with Crippen LogP contribution in [0.25, 0.3) is 11.1 Å². The lowest BCUT2D eigenvalue weighted by Crippen LogP contribution is -2.40. The summed E-state index contributed by atoms with van der Waals surface area (Å²) in [6.07, 6.45) is 0.275. The fraction of sp³-hybridized carbons (Fsp3) is 0.333. The molecular formula is C21H21F2NO4. The van der Waals surface area contributed by atoms with Gasteiger partial charge in [0.25, 0.3) is 5.91 Å². The van der Waals surface area contributed by atoms with Crippen LogP contribution in [-0.4, -0.2) is 48.7 Å². The fourth-order valence-electron chi connectivity index (χ4n) is 3.65. The molecule has 7 heteroatoms. The van der Waals surface area contributed by atoms with Gasteiger partial charge >= 0.3 is 5.97 Å². The lowest BCUT2D eigenvalue weighted by molar-refractivity contribution is -0.151. The van der Waals surface area contributed by atoms with Crippen LogP contribution in [0.3, 0.4) is 0 Å². The van der Waals surface area contributed by atoms with Crippen molar-refractivity contribution < 1.29 is 28.2 Å².